The third-order valence-corrected chi connectivity index (χ3v) is 6.57. The summed E-state index contributed by atoms with van der Waals surface area (Å²) in [6, 6.07) is 29.5. The zero-order chi connectivity index (χ0) is 23.8. The van der Waals surface area contributed by atoms with Gasteiger partial charge in [-0.2, -0.15) is 4.31 Å². The molecule has 3 aromatic carbocycles. The molecule has 4 aromatic rings. The molecule has 1 heterocycles. The summed E-state index contributed by atoms with van der Waals surface area (Å²) in [5.74, 6) is -0.0132. The van der Waals surface area contributed by atoms with Crippen LogP contribution in [-0.4, -0.2) is 25.2 Å². The Morgan fingerprint density at radius 3 is 2.24 bits per heavy atom. The first-order chi connectivity index (χ1) is 16.5. The standard InChI is InChI=1S/C27H24N2O4S/c30-27(28-26-16-8-7-15-25(26)23-12-5-2-6-13-23)21-29(20-24-14-9-18-33-24)34(31,32)19-17-22-10-3-1-4-11-22/h1-19H,20-21H2,(H,28,30)/b19-17+. The fourth-order valence-corrected chi connectivity index (χ4v) is 4.54. The van der Waals surface area contributed by atoms with E-state index >= 15 is 0 Å². The molecule has 0 fully saturated rings. The van der Waals surface area contributed by atoms with Crippen molar-refractivity contribution in [1.82, 2.24) is 4.31 Å². The van der Waals surface area contributed by atoms with Crippen LogP contribution in [-0.2, 0) is 21.4 Å². The number of rotatable bonds is 9. The van der Waals surface area contributed by atoms with Crippen molar-refractivity contribution in [1.29, 1.82) is 0 Å². The van der Waals surface area contributed by atoms with E-state index in [2.05, 4.69) is 5.32 Å². The molecule has 1 N–H and O–H groups in total. The molecule has 0 unspecified atom stereocenters. The first-order valence-corrected chi connectivity index (χ1v) is 12.2. The Bertz CT molecular complexity index is 1350. The molecule has 1 aromatic heterocycles. The third-order valence-electron chi connectivity index (χ3n) is 5.11. The largest absolute Gasteiger partial charge is 0.468 e. The van der Waals surface area contributed by atoms with Crippen LogP contribution in [0.5, 0.6) is 0 Å². The maximum Gasteiger partial charge on any atom is 0.239 e. The monoisotopic (exact) mass is 472 g/mol. The van der Waals surface area contributed by atoms with Gasteiger partial charge in [0.1, 0.15) is 5.76 Å². The van der Waals surface area contributed by atoms with Crippen LogP contribution in [0.3, 0.4) is 0 Å². The highest BCUT2D eigenvalue weighted by atomic mass is 32.2. The van der Waals surface area contributed by atoms with Crippen molar-refractivity contribution in [3.63, 3.8) is 0 Å². The number of hydrogen-bond acceptors (Lipinski definition) is 4. The van der Waals surface area contributed by atoms with Gasteiger partial charge in [-0.15, -0.1) is 0 Å². The van der Waals surface area contributed by atoms with Crippen LogP contribution in [0.15, 0.2) is 113 Å². The molecule has 0 atom stereocenters. The van der Waals surface area contributed by atoms with Gasteiger partial charge >= 0.3 is 0 Å². The molecule has 7 heteroatoms. The first-order valence-electron chi connectivity index (χ1n) is 10.7. The maximum atomic E-state index is 13.1. The van der Waals surface area contributed by atoms with Crippen molar-refractivity contribution in [2.45, 2.75) is 6.54 Å². The lowest BCUT2D eigenvalue weighted by molar-refractivity contribution is -0.116. The van der Waals surface area contributed by atoms with Crippen LogP contribution in [0.25, 0.3) is 17.2 Å². The predicted octanol–water partition coefficient (Wildman–Crippen LogP) is 5.39. The van der Waals surface area contributed by atoms with Gasteiger partial charge in [0.05, 0.1) is 19.4 Å². The second-order valence-corrected chi connectivity index (χ2v) is 9.38. The third kappa shape index (κ3) is 6.10. The van der Waals surface area contributed by atoms with Gasteiger partial charge in [0.25, 0.3) is 0 Å². The molecule has 0 aliphatic carbocycles. The van der Waals surface area contributed by atoms with E-state index in [0.717, 1.165) is 26.4 Å². The Hall–Kier alpha value is -3.94. The Morgan fingerprint density at radius 1 is 0.853 bits per heavy atom. The van der Waals surface area contributed by atoms with Crippen molar-refractivity contribution in [3.05, 3.63) is 120 Å². The number of nitrogens with zero attached hydrogens (tertiary/aromatic N) is 1. The molecule has 0 spiro atoms. The van der Waals surface area contributed by atoms with E-state index in [1.54, 1.807) is 30.3 Å². The van der Waals surface area contributed by atoms with Crippen LogP contribution < -0.4 is 5.32 Å². The van der Waals surface area contributed by atoms with Gasteiger partial charge in [-0.1, -0.05) is 78.9 Å². The smallest absolute Gasteiger partial charge is 0.239 e. The summed E-state index contributed by atoms with van der Waals surface area (Å²) in [6.45, 7) is -0.437. The topological polar surface area (TPSA) is 79.6 Å². The minimum Gasteiger partial charge on any atom is -0.468 e. The van der Waals surface area contributed by atoms with Crippen molar-refractivity contribution in [2.24, 2.45) is 0 Å². The number of furan rings is 1. The van der Waals surface area contributed by atoms with E-state index in [1.807, 2.05) is 66.7 Å². The van der Waals surface area contributed by atoms with Gasteiger partial charge < -0.3 is 9.73 Å². The number of carbonyl (C=O) groups is 1. The number of para-hydroxylation sites is 1. The summed E-state index contributed by atoms with van der Waals surface area (Å²) in [5.41, 5.74) is 3.14. The van der Waals surface area contributed by atoms with Crippen LogP contribution in [0.2, 0.25) is 0 Å². The van der Waals surface area contributed by atoms with Gasteiger partial charge in [0, 0.05) is 16.7 Å². The summed E-state index contributed by atoms with van der Waals surface area (Å²) in [5, 5.41) is 3.97. The minimum atomic E-state index is -3.91. The van der Waals surface area contributed by atoms with Gasteiger partial charge in [0.15, 0.2) is 0 Å². The molecular weight excluding hydrogens is 448 g/mol. The minimum absolute atomic E-state index is 0.0672. The molecule has 0 aliphatic heterocycles. The summed E-state index contributed by atoms with van der Waals surface area (Å²) in [7, 11) is -3.91. The van der Waals surface area contributed by atoms with E-state index in [-0.39, 0.29) is 13.1 Å². The molecule has 0 radical (unpaired) electrons. The zero-order valence-corrected chi connectivity index (χ0v) is 19.2. The lowest BCUT2D eigenvalue weighted by Gasteiger charge is -2.19. The molecule has 34 heavy (non-hydrogen) atoms. The normalized spacial score (nSPS) is 11.7. The van der Waals surface area contributed by atoms with E-state index in [0.29, 0.717) is 11.4 Å². The SMILES string of the molecule is O=C(CN(Cc1ccco1)S(=O)(=O)/C=C/c1ccccc1)Nc1ccccc1-c1ccccc1. The molecular formula is C27H24N2O4S. The Kier molecular flexibility index (Phi) is 7.37. The Morgan fingerprint density at radius 2 is 1.53 bits per heavy atom. The predicted molar refractivity (Wildman–Crippen MR) is 134 cm³/mol. The van der Waals surface area contributed by atoms with Crippen molar-refractivity contribution in [2.75, 3.05) is 11.9 Å². The van der Waals surface area contributed by atoms with Crippen LogP contribution in [0.1, 0.15) is 11.3 Å². The summed E-state index contributed by atoms with van der Waals surface area (Å²) >= 11 is 0. The summed E-state index contributed by atoms with van der Waals surface area (Å²) in [6.07, 6.45) is 2.98. The fraction of sp³-hybridized carbons (Fsp3) is 0.0741. The lowest BCUT2D eigenvalue weighted by Crippen LogP contribution is -2.36. The first kappa shape index (κ1) is 23.2. The lowest BCUT2D eigenvalue weighted by atomic mass is 10.0. The van der Waals surface area contributed by atoms with E-state index in [1.165, 1.54) is 12.3 Å². The van der Waals surface area contributed by atoms with Gasteiger partial charge in [-0.3, -0.25) is 4.79 Å². The van der Waals surface area contributed by atoms with E-state index in [4.69, 9.17) is 4.42 Å². The van der Waals surface area contributed by atoms with Gasteiger partial charge in [-0.05, 0) is 35.4 Å². The summed E-state index contributed by atoms with van der Waals surface area (Å²) < 4.78 is 32.7. The molecule has 0 bridgehead atoms. The highest BCUT2D eigenvalue weighted by Gasteiger charge is 2.24. The molecule has 0 aliphatic rings. The number of benzene rings is 3. The summed E-state index contributed by atoms with van der Waals surface area (Å²) in [4.78, 5) is 13.0. The number of carbonyl (C=O) groups excluding carboxylic acids is 1. The number of amides is 1. The average molecular weight is 473 g/mol. The van der Waals surface area contributed by atoms with Crippen LogP contribution in [0.4, 0.5) is 5.69 Å². The van der Waals surface area contributed by atoms with Gasteiger partial charge in [0.2, 0.25) is 15.9 Å². The number of sulfonamides is 1. The second kappa shape index (κ2) is 10.8. The van der Waals surface area contributed by atoms with Crippen LogP contribution in [0, 0.1) is 0 Å². The molecule has 0 saturated carbocycles. The Balaban J connectivity index is 1.55. The zero-order valence-electron chi connectivity index (χ0n) is 18.4. The number of anilines is 1. The highest BCUT2D eigenvalue weighted by Crippen LogP contribution is 2.27. The highest BCUT2D eigenvalue weighted by molar-refractivity contribution is 7.92. The van der Waals surface area contributed by atoms with Gasteiger partial charge in [-0.25, -0.2) is 8.42 Å². The molecule has 1 amide bonds. The molecule has 172 valence electrons. The van der Waals surface area contributed by atoms with Crippen molar-refractivity contribution < 1.29 is 17.6 Å². The van der Waals surface area contributed by atoms with Crippen molar-refractivity contribution >= 4 is 27.7 Å². The van der Waals surface area contributed by atoms with E-state index in [9.17, 15) is 13.2 Å². The maximum absolute atomic E-state index is 13.1. The average Bonchev–Trinajstić information content (AvgIpc) is 3.37. The van der Waals surface area contributed by atoms with Crippen molar-refractivity contribution in [3.8, 4) is 11.1 Å². The van der Waals surface area contributed by atoms with E-state index < -0.39 is 15.9 Å². The number of nitrogens with one attached hydrogen (secondary N) is 1. The molecule has 4 rings (SSSR count). The fourth-order valence-electron chi connectivity index (χ4n) is 3.44. The Labute approximate surface area is 199 Å². The van der Waals surface area contributed by atoms with Crippen LogP contribution >= 0.6 is 0 Å². The second-order valence-electron chi connectivity index (χ2n) is 7.57. The number of hydrogen-bond donors (Lipinski definition) is 1. The quantitative estimate of drug-likeness (QED) is 0.354. The molecule has 0 saturated heterocycles. The molecule has 6 nitrogen and oxygen atoms in total.